The van der Waals surface area contributed by atoms with Gasteiger partial charge in [0, 0.05) is 16.3 Å². The Labute approximate surface area is 106 Å². The van der Waals surface area contributed by atoms with Crippen LogP contribution in [0.15, 0.2) is 18.2 Å². The van der Waals surface area contributed by atoms with Crippen LogP contribution in [0.5, 0.6) is 0 Å². The molecule has 0 aliphatic heterocycles. The zero-order chi connectivity index (χ0) is 13.2. The van der Waals surface area contributed by atoms with E-state index in [4.69, 9.17) is 17.3 Å². The predicted molar refractivity (Wildman–Crippen MR) is 69.1 cm³/mol. The Morgan fingerprint density at radius 1 is 1.47 bits per heavy atom. The molecule has 1 unspecified atom stereocenters. The number of nitrogen functional groups attached to an aromatic ring is 1. The van der Waals surface area contributed by atoms with E-state index in [0.29, 0.717) is 16.3 Å². The third-order valence-electron chi connectivity index (χ3n) is 2.66. The van der Waals surface area contributed by atoms with E-state index < -0.39 is 11.6 Å². The molecule has 5 heteroatoms. The number of halogens is 1. The number of nitrogens with two attached hydrogens (primary N) is 1. The molecule has 17 heavy (non-hydrogen) atoms. The van der Waals surface area contributed by atoms with E-state index in [1.807, 2.05) is 0 Å². The van der Waals surface area contributed by atoms with E-state index in [0.717, 1.165) is 0 Å². The lowest BCUT2D eigenvalue weighted by molar-refractivity contribution is 0.0709. The first-order chi connectivity index (χ1) is 7.72. The van der Waals surface area contributed by atoms with Gasteiger partial charge in [0.25, 0.3) is 5.91 Å². The summed E-state index contributed by atoms with van der Waals surface area (Å²) in [6.45, 7) is 5.10. The number of hydrogen-bond acceptors (Lipinski definition) is 3. The minimum absolute atomic E-state index is 0.315. The highest BCUT2D eigenvalue weighted by Gasteiger charge is 2.26. The highest BCUT2D eigenvalue weighted by molar-refractivity contribution is 6.31. The van der Waals surface area contributed by atoms with E-state index in [2.05, 4.69) is 5.32 Å². The van der Waals surface area contributed by atoms with Crippen LogP contribution in [-0.4, -0.2) is 22.7 Å². The molecule has 0 spiro atoms. The van der Waals surface area contributed by atoms with Crippen molar-refractivity contribution in [3.8, 4) is 0 Å². The van der Waals surface area contributed by atoms with Crippen LogP contribution >= 0.6 is 11.6 Å². The van der Waals surface area contributed by atoms with E-state index in [1.165, 1.54) is 6.07 Å². The SMILES string of the molecule is CC(O)C(C)(C)NC(=O)c1cc(N)cc(Cl)c1. The predicted octanol–water partition coefficient (Wildman–Crippen LogP) is 1.81. The summed E-state index contributed by atoms with van der Waals surface area (Å²) < 4.78 is 0. The van der Waals surface area contributed by atoms with Gasteiger partial charge in [-0.25, -0.2) is 0 Å². The van der Waals surface area contributed by atoms with Gasteiger partial charge in [0.2, 0.25) is 0 Å². The van der Waals surface area contributed by atoms with Gasteiger partial charge in [-0.05, 0) is 39.0 Å². The molecule has 0 aliphatic rings. The van der Waals surface area contributed by atoms with Crippen LogP contribution in [0.3, 0.4) is 0 Å². The van der Waals surface area contributed by atoms with Crippen molar-refractivity contribution < 1.29 is 9.90 Å². The summed E-state index contributed by atoms with van der Waals surface area (Å²) in [6, 6.07) is 4.64. The van der Waals surface area contributed by atoms with Crippen LogP contribution < -0.4 is 11.1 Å². The molecule has 1 amide bonds. The maximum atomic E-state index is 11.9. The molecule has 1 aromatic rings. The molecule has 1 aromatic carbocycles. The lowest BCUT2D eigenvalue weighted by Gasteiger charge is -2.29. The molecule has 4 N–H and O–H groups in total. The second-order valence-corrected chi connectivity index (χ2v) is 5.06. The average Bonchev–Trinajstić information content (AvgIpc) is 2.15. The van der Waals surface area contributed by atoms with Gasteiger partial charge in [0.15, 0.2) is 0 Å². The minimum atomic E-state index is -0.714. The van der Waals surface area contributed by atoms with Crippen molar-refractivity contribution in [1.29, 1.82) is 0 Å². The molecule has 0 bridgehead atoms. The summed E-state index contributed by atoms with van der Waals surface area (Å²) in [5, 5.41) is 12.7. The van der Waals surface area contributed by atoms with Gasteiger partial charge in [-0.2, -0.15) is 0 Å². The zero-order valence-corrected chi connectivity index (χ0v) is 10.9. The van der Waals surface area contributed by atoms with Crippen LogP contribution in [0.2, 0.25) is 5.02 Å². The van der Waals surface area contributed by atoms with Crippen molar-refractivity contribution in [3.05, 3.63) is 28.8 Å². The maximum absolute atomic E-state index is 11.9. The van der Waals surface area contributed by atoms with Gasteiger partial charge >= 0.3 is 0 Å². The van der Waals surface area contributed by atoms with Crippen LogP contribution in [0.25, 0.3) is 0 Å². The largest absolute Gasteiger partial charge is 0.399 e. The highest BCUT2D eigenvalue weighted by Crippen LogP contribution is 2.18. The third kappa shape index (κ3) is 3.61. The number of carbonyl (C=O) groups is 1. The fourth-order valence-electron chi connectivity index (χ4n) is 1.21. The average molecular weight is 257 g/mol. The molecule has 0 fully saturated rings. The molecule has 0 saturated carbocycles. The summed E-state index contributed by atoms with van der Waals surface area (Å²) in [7, 11) is 0. The Kier molecular flexibility index (Phi) is 4.01. The number of nitrogens with one attached hydrogen (secondary N) is 1. The number of amides is 1. The molecule has 0 saturated heterocycles. The lowest BCUT2D eigenvalue weighted by Crippen LogP contribution is -2.50. The van der Waals surface area contributed by atoms with Crippen LogP contribution in [-0.2, 0) is 0 Å². The first-order valence-electron chi connectivity index (χ1n) is 5.29. The van der Waals surface area contributed by atoms with Crippen molar-refractivity contribution >= 4 is 23.2 Å². The summed E-state index contributed by atoms with van der Waals surface area (Å²) in [5.41, 5.74) is 5.70. The summed E-state index contributed by atoms with van der Waals surface area (Å²) in [6.07, 6.45) is -0.664. The van der Waals surface area contributed by atoms with Gasteiger partial charge in [0.1, 0.15) is 0 Å². The van der Waals surface area contributed by atoms with Gasteiger partial charge in [-0.3, -0.25) is 4.79 Å². The van der Waals surface area contributed by atoms with Gasteiger partial charge in [-0.15, -0.1) is 0 Å². The number of benzene rings is 1. The second kappa shape index (κ2) is 4.94. The highest BCUT2D eigenvalue weighted by atomic mass is 35.5. The fourth-order valence-corrected chi connectivity index (χ4v) is 1.46. The number of rotatable bonds is 3. The number of aliphatic hydroxyl groups is 1. The van der Waals surface area contributed by atoms with Gasteiger partial charge in [-0.1, -0.05) is 11.6 Å². The third-order valence-corrected chi connectivity index (χ3v) is 2.88. The molecule has 0 aromatic heterocycles. The van der Waals surface area contributed by atoms with E-state index in [1.54, 1.807) is 32.9 Å². The zero-order valence-electron chi connectivity index (χ0n) is 10.1. The summed E-state index contributed by atoms with van der Waals surface area (Å²) >= 11 is 5.82. The Bertz CT molecular complexity index is 410. The van der Waals surface area contributed by atoms with Crippen LogP contribution in [0.4, 0.5) is 5.69 Å². The van der Waals surface area contributed by atoms with Crippen LogP contribution in [0.1, 0.15) is 31.1 Å². The number of hydrogen-bond donors (Lipinski definition) is 3. The quantitative estimate of drug-likeness (QED) is 0.722. The van der Waals surface area contributed by atoms with Crippen molar-refractivity contribution in [1.82, 2.24) is 5.32 Å². The Hall–Kier alpha value is -1.26. The lowest BCUT2D eigenvalue weighted by atomic mass is 9.98. The summed E-state index contributed by atoms with van der Waals surface area (Å²) in [5.74, 6) is -0.315. The van der Waals surface area contributed by atoms with E-state index in [-0.39, 0.29) is 5.91 Å². The standard InChI is InChI=1S/C12H17ClN2O2/c1-7(16)12(2,3)15-11(17)8-4-9(13)6-10(14)5-8/h4-7,16H,14H2,1-3H3,(H,15,17). The Morgan fingerprint density at radius 3 is 2.53 bits per heavy atom. The van der Waals surface area contributed by atoms with Crippen molar-refractivity contribution in [2.75, 3.05) is 5.73 Å². The Balaban J connectivity index is 2.91. The normalized spacial score (nSPS) is 13.2. The molecule has 4 nitrogen and oxygen atoms in total. The number of aliphatic hydroxyl groups excluding tert-OH is 1. The molecule has 1 atom stereocenters. The topological polar surface area (TPSA) is 75.3 Å². The van der Waals surface area contributed by atoms with E-state index >= 15 is 0 Å². The number of carbonyl (C=O) groups excluding carboxylic acids is 1. The smallest absolute Gasteiger partial charge is 0.251 e. The Morgan fingerprint density at radius 2 is 2.06 bits per heavy atom. The minimum Gasteiger partial charge on any atom is -0.399 e. The molecule has 0 heterocycles. The van der Waals surface area contributed by atoms with E-state index in [9.17, 15) is 9.90 Å². The van der Waals surface area contributed by atoms with Crippen LogP contribution in [0, 0.1) is 0 Å². The summed E-state index contributed by atoms with van der Waals surface area (Å²) in [4.78, 5) is 11.9. The first kappa shape index (κ1) is 13.8. The maximum Gasteiger partial charge on any atom is 0.251 e. The monoisotopic (exact) mass is 256 g/mol. The molecular weight excluding hydrogens is 240 g/mol. The molecule has 94 valence electrons. The van der Waals surface area contributed by atoms with Gasteiger partial charge < -0.3 is 16.2 Å². The number of anilines is 1. The molecule has 1 rings (SSSR count). The second-order valence-electron chi connectivity index (χ2n) is 4.63. The molecular formula is C12H17ClN2O2. The van der Waals surface area contributed by atoms with Crippen molar-refractivity contribution in [3.63, 3.8) is 0 Å². The molecule has 0 radical (unpaired) electrons. The van der Waals surface area contributed by atoms with Crippen molar-refractivity contribution in [2.45, 2.75) is 32.4 Å². The van der Waals surface area contributed by atoms with Crippen molar-refractivity contribution in [2.24, 2.45) is 0 Å². The van der Waals surface area contributed by atoms with Gasteiger partial charge in [0.05, 0.1) is 11.6 Å². The molecule has 0 aliphatic carbocycles. The fraction of sp³-hybridized carbons (Fsp3) is 0.417. The first-order valence-corrected chi connectivity index (χ1v) is 5.67.